The highest BCUT2D eigenvalue weighted by molar-refractivity contribution is 5.98. The summed E-state index contributed by atoms with van der Waals surface area (Å²) >= 11 is 0. The van der Waals surface area contributed by atoms with E-state index >= 15 is 0 Å². The number of amides is 1. The highest BCUT2D eigenvalue weighted by Crippen LogP contribution is 2.34. The first-order valence-electron chi connectivity index (χ1n) is 11.8. The molecule has 1 amide bonds. The lowest BCUT2D eigenvalue weighted by molar-refractivity contribution is 0.0600. The minimum atomic E-state index is -0.480. The Morgan fingerprint density at radius 3 is 2.73 bits per heavy atom. The molecule has 2 aliphatic heterocycles. The Balaban J connectivity index is 1.20. The Hall–Kier alpha value is -2.78. The summed E-state index contributed by atoms with van der Waals surface area (Å²) in [4.78, 5) is 24.6. The van der Waals surface area contributed by atoms with Gasteiger partial charge in [0.05, 0.1) is 37.6 Å². The fourth-order valence-corrected chi connectivity index (χ4v) is 5.24. The zero-order chi connectivity index (χ0) is 22.8. The van der Waals surface area contributed by atoms with Crippen molar-refractivity contribution in [1.82, 2.24) is 20.3 Å². The molecule has 3 aliphatic rings. The second kappa shape index (κ2) is 9.61. The number of esters is 1. The number of nitrogens with one attached hydrogen (secondary N) is 1. The third kappa shape index (κ3) is 4.65. The van der Waals surface area contributed by atoms with Crippen LogP contribution in [0, 0.1) is 5.92 Å². The maximum absolute atomic E-state index is 12.8. The zero-order valence-corrected chi connectivity index (χ0v) is 18.8. The van der Waals surface area contributed by atoms with Crippen LogP contribution >= 0.6 is 0 Å². The number of hydrogen-bond acceptors (Lipinski definition) is 7. The second-order valence-electron chi connectivity index (χ2n) is 9.21. The normalized spacial score (nSPS) is 27.3. The Bertz CT molecular complexity index is 1000. The first-order chi connectivity index (χ1) is 16.1. The number of methoxy groups -OCH3 is 1. The molecule has 4 atom stereocenters. The summed E-state index contributed by atoms with van der Waals surface area (Å²) in [6, 6.07) is 6.12. The van der Waals surface area contributed by atoms with Crippen LogP contribution in [0.5, 0.6) is 0 Å². The lowest BCUT2D eigenvalue weighted by Gasteiger charge is -2.20. The molecule has 0 spiro atoms. The van der Waals surface area contributed by atoms with Crippen molar-refractivity contribution >= 4 is 11.9 Å². The van der Waals surface area contributed by atoms with Gasteiger partial charge in [-0.15, -0.1) is 5.10 Å². The van der Waals surface area contributed by atoms with Crippen LogP contribution in [0.25, 0.3) is 0 Å². The molecule has 9 heteroatoms. The summed E-state index contributed by atoms with van der Waals surface area (Å²) in [7, 11) is 1.31. The Labute approximate surface area is 192 Å². The van der Waals surface area contributed by atoms with Gasteiger partial charge in [0.1, 0.15) is 18.2 Å². The van der Waals surface area contributed by atoms with Crippen molar-refractivity contribution in [1.29, 1.82) is 0 Å². The van der Waals surface area contributed by atoms with Crippen LogP contribution in [0.1, 0.15) is 64.6 Å². The molecule has 1 aromatic carbocycles. The van der Waals surface area contributed by atoms with Crippen molar-refractivity contribution in [2.45, 2.75) is 62.8 Å². The standard InChI is InChI=1S/C24H30N4O5/c1-31-24(30)17-9-5-8-16(11-17)23(29)25-19-13-32-22-20(14-33-21(19)22)28-12-18(26-27-28)10-15-6-3-2-4-7-15/h5,8-9,11-12,15,19-22H,2-4,6-7,10,13-14H2,1H3,(H,25,29)/t19-,20-,21+,22+/m0/s1. The summed E-state index contributed by atoms with van der Waals surface area (Å²) in [6.45, 7) is 0.823. The predicted molar refractivity (Wildman–Crippen MR) is 118 cm³/mol. The molecule has 1 aromatic heterocycles. The summed E-state index contributed by atoms with van der Waals surface area (Å²) in [6.07, 6.45) is 9.07. The van der Waals surface area contributed by atoms with E-state index in [1.807, 2.05) is 10.9 Å². The number of fused-ring (bicyclic) bond motifs is 1. The van der Waals surface area contributed by atoms with E-state index in [0.29, 0.717) is 30.3 Å². The summed E-state index contributed by atoms with van der Waals surface area (Å²) < 4.78 is 18.7. The maximum Gasteiger partial charge on any atom is 0.337 e. The average molecular weight is 455 g/mol. The molecule has 0 bridgehead atoms. The van der Waals surface area contributed by atoms with Crippen LogP contribution in [0.15, 0.2) is 30.5 Å². The van der Waals surface area contributed by atoms with E-state index in [1.54, 1.807) is 18.2 Å². The molecule has 33 heavy (non-hydrogen) atoms. The van der Waals surface area contributed by atoms with E-state index in [2.05, 4.69) is 15.6 Å². The number of nitrogens with zero attached hydrogens (tertiary/aromatic N) is 3. The number of aromatic nitrogens is 3. The van der Waals surface area contributed by atoms with Crippen molar-refractivity contribution in [3.8, 4) is 0 Å². The molecule has 3 heterocycles. The van der Waals surface area contributed by atoms with Crippen molar-refractivity contribution < 1.29 is 23.8 Å². The minimum Gasteiger partial charge on any atom is -0.465 e. The van der Waals surface area contributed by atoms with Gasteiger partial charge in [-0.25, -0.2) is 9.48 Å². The smallest absolute Gasteiger partial charge is 0.337 e. The van der Waals surface area contributed by atoms with Crippen LogP contribution in [-0.2, 0) is 20.6 Å². The van der Waals surface area contributed by atoms with Gasteiger partial charge in [-0.2, -0.15) is 0 Å². The van der Waals surface area contributed by atoms with E-state index in [9.17, 15) is 9.59 Å². The lowest BCUT2D eigenvalue weighted by Crippen LogP contribution is -2.44. The monoisotopic (exact) mass is 454 g/mol. The van der Waals surface area contributed by atoms with Gasteiger partial charge in [0, 0.05) is 11.8 Å². The SMILES string of the molecule is COC(=O)c1cccc(C(=O)N[C@H]2CO[C@H]3[C@@H]2OC[C@@H]3n2cc(CC3CCCCC3)nn2)c1. The van der Waals surface area contributed by atoms with Crippen LogP contribution in [0.2, 0.25) is 0 Å². The summed E-state index contributed by atoms with van der Waals surface area (Å²) in [5, 5.41) is 11.8. The number of ether oxygens (including phenoxy) is 3. The summed E-state index contributed by atoms with van der Waals surface area (Å²) in [5.74, 6) is -0.0550. The quantitative estimate of drug-likeness (QED) is 0.668. The molecular weight excluding hydrogens is 424 g/mol. The van der Waals surface area contributed by atoms with Gasteiger partial charge in [-0.1, -0.05) is 43.4 Å². The molecule has 2 saturated heterocycles. The Morgan fingerprint density at radius 2 is 1.91 bits per heavy atom. The Morgan fingerprint density at radius 1 is 1.12 bits per heavy atom. The predicted octanol–water partition coefficient (Wildman–Crippen LogP) is 2.32. The number of carbonyl (C=O) groups is 2. The van der Waals surface area contributed by atoms with Crippen LogP contribution < -0.4 is 5.32 Å². The minimum absolute atomic E-state index is 0.0628. The number of rotatable bonds is 6. The van der Waals surface area contributed by atoms with Crippen LogP contribution in [0.3, 0.4) is 0 Å². The average Bonchev–Trinajstić information content (AvgIpc) is 3.57. The van der Waals surface area contributed by atoms with E-state index < -0.39 is 5.97 Å². The van der Waals surface area contributed by atoms with Crippen LogP contribution in [-0.4, -0.2) is 65.4 Å². The van der Waals surface area contributed by atoms with Gasteiger partial charge in [0.25, 0.3) is 5.91 Å². The number of benzene rings is 1. The summed E-state index contributed by atoms with van der Waals surface area (Å²) in [5.41, 5.74) is 1.75. The highest BCUT2D eigenvalue weighted by Gasteiger charge is 2.49. The van der Waals surface area contributed by atoms with Gasteiger partial charge in [0.15, 0.2) is 0 Å². The third-order valence-corrected chi connectivity index (χ3v) is 7.01. The van der Waals surface area contributed by atoms with Crippen molar-refractivity contribution in [3.63, 3.8) is 0 Å². The third-order valence-electron chi connectivity index (χ3n) is 7.01. The first-order valence-corrected chi connectivity index (χ1v) is 11.8. The van der Waals surface area contributed by atoms with Gasteiger partial charge < -0.3 is 19.5 Å². The zero-order valence-electron chi connectivity index (χ0n) is 18.8. The van der Waals surface area contributed by atoms with Crippen molar-refractivity contribution in [3.05, 3.63) is 47.3 Å². The molecule has 176 valence electrons. The van der Waals surface area contributed by atoms with Gasteiger partial charge in [-0.3, -0.25) is 4.79 Å². The van der Waals surface area contributed by atoms with Gasteiger partial charge in [0.2, 0.25) is 0 Å². The van der Waals surface area contributed by atoms with Crippen molar-refractivity contribution in [2.24, 2.45) is 5.92 Å². The molecule has 2 aromatic rings. The van der Waals surface area contributed by atoms with Crippen LogP contribution in [0.4, 0.5) is 0 Å². The Kier molecular flexibility index (Phi) is 6.41. The van der Waals surface area contributed by atoms with E-state index in [0.717, 1.165) is 12.1 Å². The van der Waals surface area contributed by atoms with Gasteiger partial charge in [-0.05, 0) is 30.5 Å². The molecule has 1 aliphatic carbocycles. The number of carbonyl (C=O) groups excluding carboxylic acids is 2. The molecule has 0 unspecified atom stereocenters. The number of hydrogen-bond donors (Lipinski definition) is 1. The molecular formula is C24H30N4O5. The van der Waals surface area contributed by atoms with Crippen molar-refractivity contribution in [2.75, 3.05) is 20.3 Å². The maximum atomic E-state index is 12.8. The molecule has 5 rings (SSSR count). The molecule has 1 saturated carbocycles. The van der Waals surface area contributed by atoms with Gasteiger partial charge >= 0.3 is 5.97 Å². The molecule has 9 nitrogen and oxygen atoms in total. The van der Waals surface area contributed by atoms with E-state index in [-0.39, 0.29) is 30.2 Å². The second-order valence-corrected chi connectivity index (χ2v) is 9.21. The fraction of sp³-hybridized carbons (Fsp3) is 0.583. The topological polar surface area (TPSA) is 105 Å². The van der Waals surface area contributed by atoms with E-state index in [1.165, 1.54) is 45.3 Å². The molecule has 3 fully saturated rings. The van der Waals surface area contributed by atoms with E-state index in [4.69, 9.17) is 14.2 Å². The fourth-order valence-electron chi connectivity index (χ4n) is 5.24. The highest BCUT2D eigenvalue weighted by atomic mass is 16.6. The molecule has 0 radical (unpaired) electrons. The molecule has 1 N–H and O–H groups in total. The largest absolute Gasteiger partial charge is 0.465 e. The first kappa shape index (κ1) is 22.0. The lowest BCUT2D eigenvalue weighted by atomic mass is 9.86.